The predicted molar refractivity (Wildman–Crippen MR) is 74.7 cm³/mol. The first-order valence-electron chi connectivity index (χ1n) is 6.77. The highest BCUT2D eigenvalue weighted by atomic mass is 32.2. The van der Waals surface area contributed by atoms with E-state index in [1.807, 2.05) is 7.05 Å². The van der Waals surface area contributed by atoms with Crippen molar-refractivity contribution >= 4 is 11.8 Å². The van der Waals surface area contributed by atoms with Gasteiger partial charge in [0.25, 0.3) is 0 Å². The zero-order chi connectivity index (χ0) is 14.8. The molecule has 1 aromatic rings. The van der Waals surface area contributed by atoms with E-state index in [2.05, 4.69) is 17.2 Å². The Balaban J connectivity index is 2.05. The minimum absolute atomic E-state index is 0.369. The van der Waals surface area contributed by atoms with E-state index in [9.17, 15) is 13.2 Å². The summed E-state index contributed by atoms with van der Waals surface area (Å²) in [5.41, 5.74) is -0.691. The van der Waals surface area contributed by atoms with Gasteiger partial charge in [0, 0.05) is 17.5 Å². The third-order valence-electron chi connectivity index (χ3n) is 3.76. The van der Waals surface area contributed by atoms with E-state index in [4.69, 9.17) is 0 Å². The maximum atomic E-state index is 12.5. The molecule has 1 N–H and O–H groups in total. The summed E-state index contributed by atoms with van der Waals surface area (Å²) in [6, 6.07) is 2.98. The van der Waals surface area contributed by atoms with Crippen molar-refractivity contribution in [2.24, 2.45) is 5.92 Å². The van der Waals surface area contributed by atoms with Gasteiger partial charge in [-0.25, -0.2) is 4.98 Å². The fourth-order valence-electron chi connectivity index (χ4n) is 2.56. The Bertz CT molecular complexity index is 433. The van der Waals surface area contributed by atoms with Gasteiger partial charge in [-0.3, -0.25) is 0 Å². The summed E-state index contributed by atoms with van der Waals surface area (Å²) < 4.78 is 37.5. The SMILES string of the molecule is CNC1CCC(C)CC1Sc1ccc(C(F)(F)F)cn1. The second-order valence-electron chi connectivity index (χ2n) is 5.35. The van der Waals surface area contributed by atoms with Crippen LogP contribution in [0.25, 0.3) is 0 Å². The number of nitrogens with one attached hydrogen (secondary N) is 1. The van der Waals surface area contributed by atoms with Crippen LogP contribution in [0.15, 0.2) is 23.4 Å². The van der Waals surface area contributed by atoms with Crippen molar-refractivity contribution in [1.29, 1.82) is 0 Å². The van der Waals surface area contributed by atoms with Gasteiger partial charge in [0.05, 0.1) is 10.6 Å². The molecule has 3 unspecified atom stereocenters. The van der Waals surface area contributed by atoms with E-state index in [0.717, 1.165) is 25.1 Å². The van der Waals surface area contributed by atoms with E-state index in [-0.39, 0.29) is 0 Å². The van der Waals surface area contributed by atoms with Gasteiger partial charge in [0.1, 0.15) is 0 Å². The van der Waals surface area contributed by atoms with Crippen LogP contribution in [0.4, 0.5) is 13.2 Å². The van der Waals surface area contributed by atoms with Crippen molar-refractivity contribution in [1.82, 2.24) is 10.3 Å². The van der Waals surface area contributed by atoms with E-state index >= 15 is 0 Å². The molecule has 0 spiro atoms. The quantitative estimate of drug-likeness (QED) is 0.914. The fraction of sp³-hybridized carbons (Fsp3) is 0.643. The van der Waals surface area contributed by atoms with E-state index in [1.54, 1.807) is 11.8 Å². The van der Waals surface area contributed by atoms with E-state index in [0.29, 0.717) is 22.2 Å². The van der Waals surface area contributed by atoms with Crippen molar-refractivity contribution < 1.29 is 13.2 Å². The van der Waals surface area contributed by atoms with Crippen LogP contribution in [0.3, 0.4) is 0 Å². The first-order valence-corrected chi connectivity index (χ1v) is 7.65. The van der Waals surface area contributed by atoms with Crippen molar-refractivity contribution in [2.45, 2.75) is 48.7 Å². The molecule has 112 valence electrons. The minimum atomic E-state index is -4.32. The average molecular weight is 304 g/mol. The summed E-state index contributed by atoms with van der Waals surface area (Å²) in [7, 11) is 1.94. The Labute approximate surface area is 121 Å². The summed E-state index contributed by atoms with van der Waals surface area (Å²) in [5.74, 6) is 0.659. The zero-order valence-electron chi connectivity index (χ0n) is 11.6. The number of hydrogen-bond acceptors (Lipinski definition) is 3. The molecule has 1 fully saturated rings. The lowest BCUT2D eigenvalue weighted by Crippen LogP contribution is -2.40. The van der Waals surface area contributed by atoms with Crippen molar-refractivity contribution in [3.8, 4) is 0 Å². The fourth-order valence-corrected chi connectivity index (χ4v) is 3.99. The van der Waals surface area contributed by atoms with Crippen LogP contribution >= 0.6 is 11.8 Å². The van der Waals surface area contributed by atoms with Gasteiger partial charge in [-0.1, -0.05) is 6.92 Å². The highest BCUT2D eigenvalue weighted by Gasteiger charge is 2.32. The van der Waals surface area contributed by atoms with Crippen LogP contribution in [0.5, 0.6) is 0 Å². The molecule has 6 heteroatoms. The molecule has 1 heterocycles. The Morgan fingerprint density at radius 1 is 1.30 bits per heavy atom. The van der Waals surface area contributed by atoms with Crippen LogP contribution in [0.1, 0.15) is 31.7 Å². The molecule has 0 aliphatic heterocycles. The van der Waals surface area contributed by atoms with Gasteiger partial charge in [-0.05, 0) is 44.4 Å². The first-order chi connectivity index (χ1) is 9.40. The molecule has 2 rings (SSSR count). The molecule has 0 aromatic carbocycles. The molecule has 1 aromatic heterocycles. The van der Waals surface area contributed by atoms with Crippen molar-refractivity contribution in [2.75, 3.05) is 7.05 Å². The normalized spacial score (nSPS) is 27.6. The number of aromatic nitrogens is 1. The maximum Gasteiger partial charge on any atom is 0.417 e. The monoisotopic (exact) mass is 304 g/mol. The van der Waals surface area contributed by atoms with Gasteiger partial charge in [0.2, 0.25) is 0 Å². The van der Waals surface area contributed by atoms with Gasteiger partial charge < -0.3 is 5.32 Å². The summed E-state index contributed by atoms with van der Waals surface area (Å²) in [4.78, 5) is 3.95. The lowest BCUT2D eigenvalue weighted by Gasteiger charge is -2.34. The first kappa shape index (κ1) is 15.6. The summed E-state index contributed by atoms with van der Waals surface area (Å²) in [6.07, 6.45) is -0.0239. The lowest BCUT2D eigenvalue weighted by atomic mass is 9.87. The Kier molecular flexibility index (Phi) is 4.96. The molecule has 20 heavy (non-hydrogen) atoms. The molecule has 0 radical (unpaired) electrons. The van der Waals surface area contributed by atoms with Gasteiger partial charge in [-0.2, -0.15) is 13.2 Å². The zero-order valence-corrected chi connectivity index (χ0v) is 12.4. The van der Waals surface area contributed by atoms with Crippen LogP contribution in [0, 0.1) is 5.92 Å². The molecule has 2 nitrogen and oxygen atoms in total. The highest BCUT2D eigenvalue weighted by Crippen LogP contribution is 2.36. The highest BCUT2D eigenvalue weighted by molar-refractivity contribution is 7.99. The minimum Gasteiger partial charge on any atom is -0.316 e. The van der Waals surface area contributed by atoms with Gasteiger partial charge in [0.15, 0.2) is 0 Å². The van der Waals surface area contributed by atoms with Crippen molar-refractivity contribution in [3.05, 3.63) is 23.9 Å². The smallest absolute Gasteiger partial charge is 0.316 e. The number of alkyl halides is 3. The maximum absolute atomic E-state index is 12.5. The number of halogens is 3. The number of nitrogens with zero attached hydrogens (tertiary/aromatic N) is 1. The third kappa shape index (κ3) is 3.88. The molecular formula is C14H19F3N2S. The van der Waals surface area contributed by atoms with Gasteiger partial charge >= 0.3 is 6.18 Å². The van der Waals surface area contributed by atoms with Crippen LogP contribution in [-0.2, 0) is 6.18 Å². The van der Waals surface area contributed by atoms with E-state index < -0.39 is 11.7 Å². The molecule has 0 bridgehead atoms. The standard InChI is InChI=1S/C14H19F3N2S/c1-9-3-5-11(18-2)12(7-9)20-13-6-4-10(8-19-13)14(15,16)17/h4,6,8-9,11-12,18H,3,5,7H2,1-2H3. The molecule has 3 atom stereocenters. The van der Waals surface area contributed by atoms with Crippen LogP contribution in [0.2, 0.25) is 0 Å². The van der Waals surface area contributed by atoms with Crippen LogP contribution in [-0.4, -0.2) is 23.3 Å². The largest absolute Gasteiger partial charge is 0.417 e. The average Bonchev–Trinajstić information content (AvgIpc) is 2.38. The molecule has 1 aliphatic carbocycles. The van der Waals surface area contributed by atoms with Crippen molar-refractivity contribution in [3.63, 3.8) is 0 Å². The second-order valence-corrected chi connectivity index (χ2v) is 6.61. The summed E-state index contributed by atoms with van der Waals surface area (Å²) in [5, 5.41) is 4.33. The molecular weight excluding hydrogens is 285 g/mol. The van der Waals surface area contributed by atoms with E-state index in [1.165, 1.54) is 12.5 Å². The lowest BCUT2D eigenvalue weighted by molar-refractivity contribution is -0.137. The molecule has 1 saturated carbocycles. The summed E-state index contributed by atoms with van der Waals surface area (Å²) in [6.45, 7) is 2.22. The van der Waals surface area contributed by atoms with Gasteiger partial charge in [-0.15, -0.1) is 11.8 Å². The van der Waals surface area contributed by atoms with Crippen LogP contribution < -0.4 is 5.32 Å². The number of pyridine rings is 1. The number of hydrogen-bond donors (Lipinski definition) is 1. The topological polar surface area (TPSA) is 24.9 Å². The Morgan fingerprint density at radius 3 is 2.60 bits per heavy atom. The predicted octanol–water partition coefficient (Wildman–Crippen LogP) is 3.97. The molecule has 0 saturated heterocycles. The summed E-state index contributed by atoms with van der Waals surface area (Å²) >= 11 is 1.58. The number of thioether (sulfide) groups is 1. The molecule has 0 amide bonds. The number of rotatable bonds is 3. The molecule has 1 aliphatic rings. The Hall–Kier alpha value is -0.750. The Morgan fingerprint density at radius 2 is 2.05 bits per heavy atom. The third-order valence-corrected chi connectivity index (χ3v) is 5.07. The second kappa shape index (κ2) is 6.35.